The van der Waals surface area contributed by atoms with Crippen molar-refractivity contribution in [1.82, 2.24) is 10.6 Å². The predicted octanol–water partition coefficient (Wildman–Crippen LogP) is 1.71. The number of nitrogens with zero attached hydrogens (tertiary/aromatic N) is 1. The zero-order valence-electron chi connectivity index (χ0n) is 15.3. The Hall–Kier alpha value is -3.17. The summed E-state index contributed by atoms with van der Waals surface area (Å²) in [5, 5.41) is 26.7. The Labute approximate surface area is 161 Å². The van der Waals surface area contributed by atoms with Crippen LogP contribution in [0, 0.1) is 16.0 Å². The van der Waals surface area contributed by atoms with Crippen molar-refractivity contribution in [2.45, 2.75) is 6.10 Å². The van der Waals surface area contributed by atoms with Crippen LogP contribution in [0.5, 0.6) is 17.2 Å². The minimum atomic E-state index is -0.571. The second-order valence-electron chi connectivity index (χ2n) is 6.41. The lowest BCUT2D eigenvalue weighted by Gasteiger charge is -2.15. The van der Waals surface area contributed by atoms with Crippen molar-refractivity contribution in [2.75, 3.05) is 26.7 Å². The van der Waals surface area contributed by atoms with Crippen molar-refractivity contribution in [3.63, 3.8) is 0 Å². The zero-order valence-corrected chi connectivity index (χ0v) is 15.3. The maximum atomic E-state index is 12.7. The summed E-state index contributed by atoms with van der Waals surface area (Å²) in [6, 6.07) is 10.6. The number of rotatable bonds is 7. The molecule has 1 aliphatic heterocycles. The second-order valence-corrected chi connectivity index (χ2v) is 6.41. The van der Waals surface area contributed by atoms with Gasteiger partial charge in [-0.2, -0.15) is 0 Å². The second kappa shape index (κ2) is 8.68. The number of carbonyl (C=O) groups is 1. The van der Waals surface area contributed by atoms with E-state index in [0.717, 1.165) is 0 Å². The largest absolute Gasteiger partial charge is 0.497 e. The molecule has 1 aliphatic rings. The number of hydrogen-bond donors (Lipinski definition) is 3. The van der Waals surface area contributed by atoms with Gasteiger partial charge in [-0.15, -0.1) is 0 Å². The average molecular weight is 387 g/mol. The van der Waals surface area contributed by atoms with Crippen LogP contribution in [0.15, 0.2) is 42.5 Å². The summed E-state index contributed by atoms with van der Waals surface area (Å²) in [5.74, 6) is 0.676. The van der Waals surface area contributed by atoms with Gasteiger partial charge in [0.25, 0.3) is 11.6 Å². The number of non-ortho nitro benzene ring substituents is 1. The highest BCUT2D eigenvalue weighted by Crippen LogP contribution is 2.30. The summed E-state index contributed by atoms with van der Waals surface area (Å²) in [7, 11) is 1.55. The molecular formula is C19H21N3O6. The molecular weight excluding hydrogens is 366 g/mol. The number of nitro groups is 1. The van der Waals surface area contributed by atoms with E-state index in [0.29, 0.717) is 24.6 Å². The molecule has 3 N–H and O–H groups in total. The van der Waals surface area contributed by atoms with E-state index in [1.165, 1.54) is 18.2 Å². The van der Waals surface area contributed by atoms with Crippen LogP contribution in [-0.2, 0) is 0 Å². The van der Waals surface area contributed by atoms with Crippen molar-refractivity contribution < 1.29 is 24.3 Å². The summed E-state index contributed by atoms with van der Waals surface area (Å²) in [5.41, 5.74) is -0.166. The number of amides is 1. The van der Waals surface area contributed by atoms with Gasteiger partial charge < -0.3 is 25.2 Å². The van der Waals surface area contributed by atoms with Gasteiger partial charge in [0.15, 0.2) is 0 Å². The SMILES string of the molecule is COc1ccc(Oc2ccc([N+](=O)[O-])cc2C(=O)NCC2CNCC2O)cc1. The molecule has 2 unspecified atom stereocenters. The molecule has 2 aromatic rings. The highest BCUT2D eigenvalue weighted by atomic mass is 16.6. The molecule has 1 amide bonds. The van der Waals surface area contributed by atoms with Gasteiger partial charge in [-0.3, -0.25) is 14.9 Å². The Bertz CT molecular complexity index is 855. The van der Waals surface area contributed by atoms with Crippen molar-refractivity contribution in [3.05, 3.63) is 58.1 Å². The Balaban J connectivity index is 1.80. The van der Waals surface area contributed by atoms with E-state index in [2.05, 4.69) is 10.6 Å². The first kappa shape index (κ1) is 19.6. The maximum Gasteiger partial charge on any atom is 0.270 e. The van der Waals surface area contributed by atoms with Crippen molar-refractivity contribution in [1.29, 1.82) is 0 Å². The Morgan fingerprint density at radius 2 is 1.96 bits per heavy atom. The fourth-order valence-corrected chi connectivity index (χ4v) is 2.92. The molecule has 1 saturated heterocycles. The zero-order chi connectivity index (χ0) is 20.1. The fourth-order valence-electron chi connectivity index (χ4n) is 2.92. The number of ether oxygens (including phenoxy) is 2. The highest BCUT2D eigenvalue weighted by molar-refractivity contribution is 5.97. The molecule has 2 aromatic carbocycles. The Morgan fingerprint density at radius 1 is 1.25 bits per heavy atom. The average Bonchev–Trinajstić information content (AvgIpc) is 3.11. The van der Waals surface area contributed by atoms with Crippen LogP contribution < -0.4 is 20.1 Å². The number of nitro benzene ring substituents is 1. The minimum absolute atomic E-state index is 0.0467. The third kappa shape index (κ3) is 4.56. The fraction of sp³-hybridized carbons (Fsp3) is 0.316. The number of hydrogen-bond acceptors (Lipinski definition) is 7. The standard InChI is InChI=1S/C19H21N3O6/c1-27-14-3-5-15(6-4-14)28-18-7-2-13(22(25)26)8-16(18)19(24)21-10-12-9-20-11-17(12)23/h2-8,12,17,20,23H,9-11H2,1H3,(H,21,24). The van der Waals surface area contributed by atoms with Gasteiger partial charge in [0.2, 0.25) is 0 Å². The first-order chi connectivity index (χ1) is 13.5. The predicted molar refractivity (Wildman–Crippen MR) is 101 cm³/mol. The molecule has 1 fully saturated rings. The molecule has 0 saturated carbocycles. The maximum absolute atomic E-state index is 12.7. The number of aliphatic hydroxyl groups excluding tert-OH is 1. The number of carbonyl (C=O) groups excluding carboxylic acids is 1. The summed E-state index contributed by atoms with van der Waals surface area (Å²) in [6.45, 7) is 1.31. The smallest absolute Gasteiger partial charge is 0.270 e. The van der Waals surface area contributed by atoms with Crippen LogP contribution in [0.25, 0.3) is 0 Å². The van der Waals surface area contributed by atoms with Crippen LogP contribution in [0.4, 0.5) is 5.69 Å². The molecule has 2 atom stereocenters. The van der Waals surface area contributed by atoms with Gasteiger partial charge in [-0.25, -0.2) is 0 Å². The van der Waals surface area contributed by atoms with E-state index in [4.69, 9.17) is 9.47 Å². The van der Waals surface area contributed by atoms with Crippen molar-refractivity contribution in [3.8, 4) is 17.2 Å². The van der Waals surface area contributed by atoms with Crippen molar-refractivity contribution in [2.24, 2.45) is 5.92 Å². The number of β-amino-alcohol motifs (C(OH)–C–C–N with tert-alkyl or cyclic N) is 1. The minimum Gasteiger partial charge on any atom is -0.497 e. The lowest BCUT2D eigenvalue weighted by molar-refractivity contribution is -0.384. The number of methoxy groups -OCH3 is 1. The van der Waals surface area contributed by atoms with E-state index in [1.807, 2.05) is 0 Å². The number of nitrogens with one attached hydrogen (secondary N) is 2. The molecule has 0 bridgehead atoms. The van der Waals surface area contributed by atoms with Crippen LogP contribution in [-0.4, -0.2) is 48.8 Å². The topological polar surface area (TPSA) is 123 Å². The van der Waals surface area contributed by atoms with Crippen LogP contribution in [0.1, 0.15) is 10.4 Å². The summed E-state index contributed by atoms with van der Waals surface area (Å²) in [4.78, 5) is 23.2. The summed E-state index contributed by atoms with van der Waals surface area (Å²) < 4.78 is 10.8. The molecule has 0 radical (unpaired) electrons. The van der Waals surface area contributed by atoms with Gasteiger partial charge in [0, 0.05) is 37.7 Å². The highest BCUT2D eigenvalue weighted by Gasteiger charge is 2.26. The molecule has 1 heterocycles. The molecule has 3 rings (SSSR count). The third-order valence-corrected chi connectivity index (χ3v) is 4.53. The van der Waals surface area contributed by atoms with Gasteiger partial charge in [-0.05, 0) is 30.3 Å². The van der Waals surface area contributed by atoms with E-state index in [-0.39, 0.29) is 29.5 Å². The lowest BCUT2D eigenvalue weighted by Crippen LogP contribution is -2.34. The van der Waals surface area contributed by atoms with E-state index in [9.17, 15) is 20.0 Å². The quantitative estimate of drug-likeness (QED) is 0.488. The van der Waals surface area contributed by atoms with Crippen LogP contribution in [0.3, 0.4) is 0 Å². The molecule has 28 heavy (non-hydrogen) atoms. The Kier molecular flexibility index (Phi) is 6.07. The van der Waals surface area contributed by atoms with Gasteiger partial charge >= 0.3 is 0 Å². The van der Waals surface area contributed by atoms with E-state index in [1.54, 1.807) is 31.4 Å². The molecule has 9 nitrogen and oxygen atoms in total. The molecule has 0 aliphatic carbocycles. The first-order valence-corrected chi connectivity index (χ1v) is 8.75. The number of aliphatic hydroxyl groups is 1. The van der Waals surface area contributed by atoms with E-state index < -0.39 is 16.9 Å². The van der Waals surface area contributed by atoms with Crippen molar-refractivity contribution >= 4 is 11.6 Å². The molecule has 148 valence electrons. The lowest BCUT2D eigenvalue weighted by atomic mass is 10.1. The monoisotopic (exact) mass is 387 g/mol. The third-order valence-electron chi connectivity index (χ3n) is 4.53. The molecule has 0 aromatic heterocycles. The normalized spacial score (nSPS) is 18.5. The van der Waals surface area contributed by atoms with Gasteiger partial charge in [-0.1, -0.05) is 0 Å². The summed E-state index contributed by atoms with van der Waals surface area (Å²) in [6.07, 6.45) is -0.541. The number of benzene rings is 2. The first-order valence-electron chi connectivity index (χ1n) is 8.75. The van der Waals surface area contributed by atoms with Crippen LogP contribution in [0.2, 0.25) is 0 Å². The van der Waals surface area contributed by atoms with Gasteiger partial charge in [0.1, 0.15) is 17.2 Å². The molecule has 9 heteroatoms. The summed E-state index contributed by atoms with van der Waals surface area (Å²) >= 11 is 0. The molecule has 0 spiro atoms. The Morgan fingerprint density at radius 3 is 2.57 bits per heavy atom. The van der Waals surface area contributed by atoms with E-state index >= 15 is 0 Å². The van der Waals surface area contributed by atoms with Gasteiger partial charge in [0.05, 0.1) is 23.7 Å². The van der Waals surface area contributed by atoms with Crippen LogP contribution >= 0.6 is 0 Å².